The lowest BCUT2D eigenvalue weighted by molar-refractivity contribution is -0.117. The van der Waals surface area contributed by atoms with E-state index in [0.29, 0.717) is 13.1 Å². The first-order valence-corrected chi connectivity index (χ1v) is 6.75. The first-order chi connectivity index (χ1) is 8.56. The van der Waals surface area contributed by atoms with Crippen molar-refractivity contribution in [3.05, 3.63) is 28.2 Å². The van der Waals surface area contributed by atoms with Gasteiger partial charge in [-0.3, -0.25) is 9.69 Å². The first kappa shape index (κ1) is 15.1. The van der Waals surface area contributed by atoms with Crippen LogP contribution in [-0.4, -0.2) is 42.2 Å². The highest BCUT2D eigenvalue weighted by atomic mass is 79.9. The van der Waals surface area contributed by atoms with Gasteiger partial charge in [0.1, 0.15) is 0 Å². The second kappa shape index (κ2) is 7.51. The van der Waals surface area contributed by atoms with Gasteiger partial charge in [-0.05, 0) is 37.2 Å². The number of amides is 1. The lowest BCUT2D eigenvalue weighted by Gasteiger charge is -2.18. The summed E-state index contributed by atoms with van der Waals surface area (Å²) >= 11 is 3.39. The van der Waals surface area contributed by atoms with Crippen LogP contribution in [0.1, 0.15) is 12.5 Å². The minimum absolute atomic E-state index is 0.0595. The summed E-state index contributed by atoms with van der Waals surface area (Å²) in [5.74, 6) is -0.0595. The molecule has 1 aromatic carbocycles. The zero-order valence-corrected chi connectivity index (χ0v) is 12.3. The monoisotopic (exact) mass is 314 g/mol. The van der Waals surface area contributed by atoms with Crippen molar-refractivity contribution in [2.75, 3.05) is 31.6 Å². The summed E-state index contributed by atoms with van der Waals surface area (Å²) in [4.78, 5) is 13.7. The maximum Gasteiger partial charge on any atom is 0.238 e. The molecule has 100 valence electrons. The lowest BCUT2D eigenvalue weighted by atomic mass is 10.2. The van der Waals surface area contributed by atoms with Gasteiger partial charge in [0.25, 0.3) is 0 Å². The van der Waals surface area contributed by atoms with Crippen molar-refractivity contribution < 1.29 is 9.90 Å². The molecule has 1 amide bonds. The molecule has 0 bridgehead atoms. The number of benzene rings is 1. The predicted molar refractivity (Wildman–Crippen MR) is 76.7 cm³/mol. The molecule has 4 nitrogen and oxygen atoms in total. The van der Waals surface area contributed by atoms with Crippen molar-refractivity contribution in [3.63, 3.8) is 0 Å². The summed E-state index contributed by atoms with van der Waals surface area (Å²) in [6.07, 6.45) is 0. The van der Waals surface area contributed by atoms with Crippen LogP contribution in [0.15, 0.2) is 22.7 Å². The molecule has 0 fully saturated rings. The molecule has 18 heavy (non-hydrogen) atoms. The number of hydrogen-bond donors (Lipinski definition) is 2. The van der Waals surface area contributed by atoms with Crippen LogP contribution < -0.4 is 5.32 Å². The number of carbonyl (C=O) groups is 1. The number of hydrogen-bond acceptors (Lipinski definition) is 3. The van der Waals surface area contributed by atoms with Crippen molar-refractivity contribution >= 4 is 27.5 Å². The average molecular weight is 315 g/mol. The van der Waals surface area contributed by atoms with E-state index in [0.717, 1.165) is 22.3 Å². The van der Waals surface area contributed by atoms with Gasteiger partial charge in [0.05, 0.1) is 13.2 Å². The number of aliphatic hydroxyl groups excluding tert-OH is 1. The number of nitrogens with one attached hydrogen (secondary N) is 1. The Balaban J connectivity index is 2.58. The number of aryl methyl sites for hydroxylation is 1. The molecule has 0 saturated carbocycles. The van der Waals surface area contributed by atoms with E-state index in [4.69, 9.17) is 5.11 Å². The number of halogens is 1. The third kappa shape index (κ3) is 4.76. The molecule has 0 heterocycles. The summed E-state index contributed by atoms with van der Waals surface area (Å²) in [5, 5.41) is 11.7. The third-order valence-corrected chi connectivity index (χ3v) is 3.19. The highest BCUT2D eigenvalue weighted by Gasteiger charge is 2.09. The molecule has 1 aromatic rings. The zero-order valence-electron chi connectivity index (χ0n) is 10.7. The Morgan fingerprint density at radius 2 is 2.22 bits per heavy atom. The van der Waals surface area contributed by atoms with Gasteiger partial charge in [-0.2, -0.15) is 0 Å². The highest BCUT2D eigenvalue weighted by Crippen LogP contribution is 2.19. The van der Waals surface area contributed by atoms with Gasteiger partial charge in [-0.25, -0.2) is 0 Å². The normalized spacial score (nSPS) is 10.7. The molecule has 0 saturated heterocycles. The molecule has 0 aliphatic carbocycles. The van der Waals surface area contributed by atoms with Crippen LogP contribution in [0.4, 0.5) is 5.69 Å². The number of anilines is 1. The van der Waals surface area contributed by atoms with Gasteiger partial charge < -0.3 is 10.4 Å². The molecular formula is C13H19BrN2O2. The van der Waals surface area contributed by atoms with E-state index in [1.165, 1.54) is 0 Å². The van der Waals surface area contributed by atoms with Crippen LogP contribution in [0.25, 0.3) is 0 Å². The van der Waals surface area contributed by atoms with E-state index in [2.05, 4.69) is 21.2 Å². The molecule has 0 aromatic heterocycles. The Labute approximate surface area is 116 Å². The first-order valence-electron chi connectivity index (χ1n) is 5.96. The summed E-state index contributed by atoms with van der Waals surface area (Å²) < 4.78 is 0.994. The quantitative estimate of drug-likeness (QED) is 0.844. The molecular weight excluding hydrogens is 296 g/mol. The molecule has 5 heteroatoms. The zero-order chi connectivity index (χ0) is 13.5. The Hall–Kier alpha value is -0.910. The fraction of sp³-hybridized carbons (Fsp3) is 0.462. The van der Waals surface area contributed by atoms with Gasteiger partial charge >= 0.3 is 0 Å². The van der Waals surface area contributed by atoms with Crippen molar-refractivity contribution in [1.29, 1.82) is 0 Å². The minimum atomic E-state index is -0.0595. The van der Waals surface area contributed by atoms with Crippen molar-refractivity contribution in [3.8, 4) is 0 Å². The average Bonchev–Trinajstić information content (AvgIpc) is 2.32. The van der Waals surface area contributed by atoms with E-state index in [1.54, 1.807) is 0 Å². The second-order valence-electron chi connectivity index (χ2n) is 4.10. The van der Waals surface area contributed by atoms with Crippen LogP contribution in [0.3, 0.4) is 0 Å². The molecule has 0 unspecified atom stereocenters. The van der Waals surface area contributed by atoms with Crippen LogP contribution in [-0.2, 0) is 4.79 Å². The molecule has 0 spiro atoms. The molecule has 2 N–H and O–H groups in total. The molecule has 0 aliphatic rings. The Kier molecular flexibility index (Phi) is 6.32. The smallest absolute Gasteiger partial charge is 0.238 e. The molecule has 0 radical (unpaired) electrons. The second-order valence-corrected chi connectivity index (χ2v) is 5.02. The molecule has 0 atom stereocenters. The number of rotatable bonds is 6. The lowest BCUT2D eigenvalue weighted by Crippen LogP contribution is -2.35. The van der Waals surface area contributed by atoms with E-state index < -0.39 is 0 Å². The van der Waals surface area contributed by atoms with Crippen LogP contribution in [0, 0.1) is 6.92 Å². The van der Waals surface area contributed by atoms with Gasteiger partial charge in [-0.15, -0.1) is 0 Å². The molecule has 1 rings (SSSR count). The summed E-state index contributed by atoms with van der Waals surface area (Å²) in [6, 6.07) is 5.73. The van der Waals surface area contributed by atoms with Gasteiger partial charge in [0.15, 0.2) is 0 Å². The van der Waals surface area contributed by atoms with E-state index in [9.17, 15) is 4.79 Å². The van der Waals surface area contributed by atoms with Gasteiger partial charge in [-0.1, -0.05) is 22.9 Å². The fourth-order valence-corrected chi connectivity index (χ4v) is 2.13. The SMILES string of the molecule is CCN(CCO)CC(=O)Nc1ccc(Br)cc1C. The van der Waals surface area contributed by atoms with Crippen molar-refractivity contribution in [1.82, 2.24) is 4.90 Å². The van der Waals surface area contributed by atoms with Crippen LogP contribution >= 0.6 is 15.9 Å². The minimum Gasteiger partial charge on any atom is -0.395 e. The van der Waals surface area contributed by atoms with E-state index >= 15 is 0 Å². The number of carbonyl (C=O) groups excluding carboxylic acids is 1. The highest BCUT2D eigenvalue weighted by molar-refractivity contribution is 9.10. The fourth-order valence-electron chi connectivity index (χ4n) is 1.65. The van der Waals surface area contributed by atoms with Crippen LogP contribution in [0.2, 0.25) is 0 Å². The van der Waals surface area contributed by atoms with Gasteiger partial charge in [0, 0.05) is 16.7 Å². The standard InChI is InChI=1S/C13H19BrN2O2/c1-3-16(6-7-17)9-13(18)15-12-5-4-11(14)8-10(12)2/h4-5,8,17H,3,6-7,9H2,1-2H3,(H,15,18). The topological polar surface area (TPSA) is 52.6 Å². The maximum absolute atomic E-state index is 11.8. The van der Waals surface area contributed by atoms with Crippen LogP contribution in [0.5, 0.6) is 0 Å². The van der Waals surface area contributed by atoms with E-state index in [-0.39, 0.29) is 12.5 Å². The molecule has 0 aliphatic heterocycles. The Morgan fingerprint density at radius 3 is 2.78 bits per heavy atom. The van der Waals surface area contributed by atoms with Gasteiger partial charge in [0.2, 0.25) is 5.91 Å². The maximum atomic E-state index is 11.8. The van der Waals surface area contributed by atoms with E-state index in [1.807, 2.05) is 36.9 Å². The summed E-state index contributed by atoms with van der Waals surface area (Å²) in [5.41, 5.74) is 1.84. The Bertz CT molecular complexity index is 410. The van der Waals surface area contributed by atoms with Crippen molar-refractivity contribution in [2.24, 2.45) is 0 Å². The summed E-state index contributed by atoms with van der Waals surface area (Å²) in [6.45, 7) is 5.54. The third-order valence-electron chi connectivity index (χ3n) is 2.69. The summed E-state index contributed by atoms with van der Waals surface area (Å²) in [7, 11) is 0. The largest absolute Gasteiger partial charge is 0.395 e. The van der Waals surface area contributed by atoms with Crippen molar-refractivity contribution in [2.45, 2.75) is 13.8 Å². The number of aliphatic hydroxyl groups is 1. The number of likely N-dealkylation sites (N-methyl/N-ethyl adjacent to an activating group) is 1. The predicted octanol–water partition coefficient (Wildman–Crippen LogP) is 2.01. The number of nitrogens with zero attached hydrogens (tertiary/aromatic N) is 1. The Morgan fingerprint density at radius 1 is 1.50 bits per heavy atom.